The number of carboxylic acids is 1. The van der Waals surface area contributed by atoms with Crippen LogP contribution in [0.2, 0.25) is 0 Å². The van der Waals surface area contributed by atoms with Crippen molar-refractivity contribution in [1.82, 2.24) is 10.3 Å². The van der Waals surface area contributed by atoms with E-state index in [1.54, 1.807) is 13.1 Å². The number of carboxylic acid groups (broad SMARTS) is 1. The number of rotatable bonds is 4. The van der Waals surface area contributed by atoms with Crippen LogP contribution in [0.1, 0.15) is 28.3 Å². The second kappa shape index (κ2) is 6.23. The van der Waals surface area contributed by atoms with Crippen LogP contribution in [-0.2, 0) is 0 Å². The van der Waals surface area contributed by atoms with E-state index in [4.69, 9.17) is 5.11 Å². The zero-order chi connectivity index (χ0) is 15.4. The number of carbonyl (C=O) groups is 2. The van der Waals surface area contributed by atoms with Crippen LogP contribution in [0, 0.1) is 0 Å². The average molecular weight is 307 g/mol. The maximum Gasteiger partial charge on any atom is 0.335 e. The van der Waals surface area contributed by atoms with Crippen LogP contribution >= 0.6 is 11.3 Å². The highest BCUT2D eigenvalue weighted by atomic mass is 32.1. The van der Waals surface area contributed by atoms with E-state index in [2.05, 4.69) is 15.6 Å². The van der Waals surface area contributed by atoms with Gasteiger partial charge in [0.2, 0.25) is 0 Å². The van der Waals surface area contributed by atoms with E-state index in [0.717, 1.165) is 11.1 Å². The summed E-state index contributed by atoms with van der Waals surface area (Å²) in [5, 5.41) is 26.2. The van der Waals surface area contributed by atoms with Gasteiger partial charge in [-0.2, -0.15) is 0 Å². The van der Waals surface area contributed by atoms with Crippen LogP contribution in [0.3, 0.4) is 0 Å². The smallest absolute Gasteiger partial charge is 0.335 e. The Hall–Kier alpha value is -2.61. The van der Waals surface area contributed by atoms with Gasteiger partial charge in [-0.05, 0) is 25.1 Å². The molecule has 21 heavy (non-hydrogen) atoms. The summed E-state index contributed by atoms with van der Waals surface area (Å²) >= 11 is 1.42. The lowest BCUT2D eigenvalue weighted by atomic mass is 10.2. The zero-order valence-electron chi connectivity index (χ0n) is 11.0. The Morgan fingerprint density at radius 2 is 2.14 bits per heavy atom. The first kappa shape index (κ1) is 14.8. The highest BCUT2D eigenvalue weighted by Crippen LogP contribution is 2.24. The molecule has 0 aliphatic carbocycles. The summed E-state index contributed by atoms with van der Waals surface area (Å²) in [5.74, 6) is -1.47. The topological polar surface area (TPSA) is 112 Å². The first-order chi connectivity index (χ1) is 9.97. The van der Waals surface area contributed by atoms with Crippen molar-refractivity contribution in [2.24, 2.45) is 0 Å². The fraction of sp³-hybridized carbons (Fsp3) is 0.154. The Bertz CT molecular complexity index is 657. The molecule has 1 aromatic heterocycles. The first-order valence-corrected chi connectivity index (χ1v) is 6.88. The normalized spacial score (nSPS) is 11.7. The van der Waals surface area contributed by atoms with Crippen LogP contribution in [0.25, 0.3) is 0 Å². The van der Waals surface area contributed by atoms with E-state index in [1.165, 1.54) is 23.5 Å². The highest BCUT2D eigenvalue weighted by molar-refractivity contribution is 7.09. The fourth-order valence-corrected chi connectivity index (χ4v) is 2.28. The molecule has 2 amide bonds. The Balaban J connectivity index is 2.01. The third-order valence-electron chi connectivity index (χ3n) is 2.66. The lowest BCUT2D eigenvalue weighted by molar-refractivity contribution is 0.0696. The summed E-state index contributed by atoms with van der Waals surface area (Å²) in [5.41, 5.74) is 0.0680. The number of nitrogens with zero attached hydrogens (tertiary/aromatic N) is 1. The Morgan fingerprint density at radius 3 is 2.71 bits per heavy atom. The van der Waals surface area contributed by atoms with Crippen molar-refractivity contribution < 1.29 is 19.8 Å². The fourth-order valence-electron chi connectivity index (χ4n) is 1.64. The van der Waals surface area contributed by atoms with E-state index in [-0.39, 0.29) is 23.0 Å². The molecule has 0 radical (unpaired) electrons. The molecule has 0 aliphatic rings. The van der Waals surface area contributed by atoms with Gasteiger partial charge in [0.05, 0.1) is 17.3 Å². The van der Waals surface area contributed by atoms with E-state index >= 15 is 0 Å². The number of amides is 2. The molecule has 0 fully saturated rings. The molecule has 0 bridgehead atoms. The molecular weight excluding hydrogens is 294 g/mol. The van der Waals surface area contributed by atoms with Crippen molar-refractivity contribution in [3.8, 4) is 5.75 Å². The monoisotopic (exact) mass is 307 g/mol. The van der Waals surface area contributed by atoms with Crippen LogP contribution in [-0.4, -0.2) is 27.2 Å². The second-order valence-electron chi connectivity index (χ2n) is 4.23. The number of hydrogen-bond donors (Lipinski definition) is 4. The molecule has 0 saturated heterocycles. The van der Waals surface area contributed by atoms with Crippen LogP contribution in [0.15, 0.2) is 29.8 Å². The molecule has 1 heterocycles. The minimum atomic E-state index is -1.15. The summed E-state index contributed by atoms with van der Waals surface area (Å²) < 4.78 is 0. The Kier molecular flexibility index (Phi) is 4.39. The van der Waals surface area contributed by atoms with Crippen molar-refractivity contribution in [1.29, 1.82) is 0 Å². The second-order valence-corrected chi connectivity index (χ2v) is 5.15. The van der Waals surface area contributed by atoms with Gasteiger partial charge in [0.1, 0.15) is 10.8 Å². The number of aromatic carboxylic acids is 1. The van der Waals surface area contributed by atoms with Crippen LogP contribution < -0.4 is 10.6 Å². The number of aromatic hydroxyl groups is 1. The molecule has 0 saturated carbocycles. The van der Waals surface area contributed by atoms with Gasteiger partial charge in [-0.25, -0.2) is 14.6 Å². The van der Waals surface area contributed by atoms with Gasteiger partial charge in [0, 0.05) is 11.6 Å². The van der Waals surface area contributed by atoms with E-state index in [0.29, 0.717) is 0 Å². The number of benzene rings is 1. The molecular formula is C13H13N3O4S. The molecule has 1 aromatic carbocycles. The van der Waals surface area contributed by atoms with Gasteiger partial charge in [-0.15, -0.1) is 11.3 Å². The molecule has 110 valence electrons. The van der Waals surface area contributed by atoms with Crippen LogP contribution in [0.5, 0.6) is 5.75 Å². The van der Waals surface area contributed by atoms with Crippen molar-refractivity contribution >= 4 is 29.0 Å². The molecule has 2 rings (SSSR count). The number of nitrogens with one attached hydrogen (secondary N) is 2. The van der Waals surface area contributed by atoms with Crippen LogP contribution in [0.4, 0.5) is 10.5 Å². The van der Waals surface area contributed by atoms with E-state index in [9.17, 15) is 14.7 Å². The van der Waals surface area contributed by atoms with E-state index < -0.39 is 12.0 Å². The quantitative estimate of drug-likeness (QED) is 0.648. The first-order valence-electron chi connectivity index (χ1n) is 6.00. The van der Waals surface area contributed by atoms with Crippen molar-refractivity contribution in [3.63, 3.8) is 0 Å². The number of aromatic nitrogens is 1. The number of urea groups is 1. The Labute approximate surface area is 124 Å². The maximum absolute atomic E-state index is 11.8. The lowest BCUT2D eigenvalue weighted by Crippen LogP contribution is -2.31. The predicted octanol–water partition coefficient (Wildman–Crippen LogP) is 2.43. The van der Waals surface area contributed by atoms with Gasteiger partial charge >= 0.3 is 12.0 Å². The van der Waals surface area contributed by atoms with E-state index in [1.807, 2.05) is 5.38 Å². The SMILES string of the molecule is CC(NC(=O)Nc1ccc(C(=O)O)cc1O)c1nccs1. The Morgan fingerprint density at radius 1 is 1.38 bits per heavy atom. The largest absolute Gasteiger partial charge is 0.506 e. The average Bonchev–Trinajstić information content (AvgIpc) is 2.94. The standard InChI is InChI=1S/C13H13N3O4S/c1-7(11-14-4-5-21-11)15-13(20)16-9-3-2-8(12(18)19)6-10(9)17/h2-7,17H,1H3,(H,18,19)(H2,15,16,20). The molecule has 8 heteroatoms. The summed E-state index contributed by atoms with van der Waals surface area (Å²) in [6, 6.07) is 2.90. The third kappa shape index (κ3) is 3.69. The molecule has 2 aromatic rings. The number of thiazole rings is 1. The van der Waals surface area contributed by atoms with Crippen molar-refractivity contribution in [2.75, 3.05) is 5.32 Å². The molecule has 0 aliphatic heterocycles. The molecule has 7 nitrogen and oxygen atoms in total. The van der Waals surface area contributed by atoms with Gasteiger partial charge in [-0.1, -0.05) is 0 Å². The number of carbonyl (C=O) groups excluding carboxylic acids is 1. The summed E-state index contributed by atoms with van der Waals surface area (Å²) in [6.07, 6.45) is 1.65. The molecule has 1 unspecified atom stereocenters. The van der Waals surface area contributed by atoms with Gasteiger partial charge in [-0.3, -0.25) is 0 Å². The lowest BCUT2D eigenvalue weighted by Gasteiger charge is -2.13. The molecule has 4 N–H and O–H groups in total. The summed E-state index contributed by atoms with van der Waals surface area (Å²) in [7, 11) is 0. The number of anilines is 1. The minimum Gasteiger partial charge on any atom is -0.506 e. The third-order valence-corrected chi connectivity index (χ3v) is 3.62. The number of phenolic OH excluding ortho intramolecular Hbond substituents is 1. The van der Waals surface area contributed by atoms with Gasteiger partial charge < -0.3 is 20.8 Å². The maximum atomic E-state index is 11.8. The van der Waals surface area contributed by atoms with Gasteiger partial charge in [0.15, 0.2) is 0 Å². The predicted molar refractivity (Wildman–Crippen MR) is 77.7 cm³/mol. The molecule has 0 spiro atoms. The van der Waals surface area contributed by atoms with Gasteiger partial charge in [0.25, 0.3) is 0 Å². The number of phenols is 1. The zero-order valence-corrected chi connectivity index (χ0v) is 11.8. The number of hydrogen-bond acceptors (Lipinski definition) is 5. The molecule has 1 atom stereocenters. The highest BCUT2D eigenvalue weighted by Gasteiger charge is 2.14. The van der Waals surface area contributed by atoms with Crippen molar-refractivity contribution in [2.45, 2.75) is 13.0 Å². The minimum absolute atomic E-state index is 0.0605. The van der Waals surface area contributed by atoms with Crippen molar-refractivity contribution in [3.05, 3.63) is 40.3 Å². The summed E-state index contributed by atoms with van der Waals surface area (Å²) in [4.78, 5) is 26.6. The summed E-state index contributed by atoms with van der Waals surface area (Å²) in [6.45, 7) is 1.78.